The van der Waals surface area contributed by atoms with Crippen molar-refractivity contribution in [3.05, 3.63) is 77.4 Å². The lowest BCUT2D eigenvalue weighted by Gasteiger charge is -2.23. The average Bonchev–Trinajstić information content (AvgIpc) is 2.72. The van der Waals surface area contributed by atoms with Gasteiger partial charge in [-0.1, -0.05) is 48.5 Å². The molecule has 0 aliphatic heterocycles. The molecule has 1 amide bonds. The van der Waals surface area contributed by atoms with E-state index >= 15 is 0 Å². The number of hydrogen-bond donors (Lipinski definition) is 1. The molecule has 0 saturated carbocycles. The highest BCUT2D eigenvalue weighted by Gasteiger charge is 2.20. The van der Waals surface area contributed by atoms with Crippen LogP contribution in [0, 0.1) is 0 Å². The normalized spacial score (nSPS) is 12.6. The molecule has 0 aliphatic rings. The molecule has 0 aliphatic carbocycles. The third kappa shape index (κ3) is 9.25. The Morgan fingerprint density at radius 2 is 1.66 bits per heavy atom. The van der Waals surface area contributed by atoms with Crippen LogP contribution in [-0.4, -0.2) is 30.3 Å². The number of amides is 1. The molecule has 1 N–H and O–H groups in total. The number of benzene rings is 2. The van der Waals surface area contributed by atoms with Crippen molar-refractivity contribution in [1.29, 1.82) is 0 Å². The zero-order valence-electron chi connectivity index (χ0n) is 19.5. The van der Waals surface area contributed by atoms with Crippen molar-refractivity contribution in [3.8, 4) is 5.75 Å². The number of ether oxygens (including phenoxy) is 3. The van der Waals surface area contributed by atoms with Crippen LogP contribution in [0.25, 0.3) is 0 Å². The zero-order chi connectivity index (χ0) is 23.6. The van der Waals surface area contributed by atoms with Crippen molar-refractivity contribution in [1.82, 2.24) is 5.32 Å². The number of esters is 1. The Hall–Kier alpha value is -3.28. The molecular formula is C26H33NO5. The van der Waals surface area contributed by atoms with Crippen molar-refractivity contribution in [3.63, 3.8) is 0 Å². The maximum absolute atomic E-state index is 12.3. The minimum atomic E-state index is -0.619. The number of carbonyl (C=O) groups is 2. The van der Waals surface area contributed by atoms with Gasteiger partial charge in [-0.15, -0.1) is 0 Å². The smallest absolute Gasteiger partial charge is 0.408 e. The van der Waals surface area contributed by atoms with Gasteiger partial charge in [0.05, 0.1) is 12.6 Å². The quantitative estimate of drug-likeness (QED) is 0.429. The van der Waals surface area contributed by atoms with Gasteiger partial charge in [0.15, 0.2) is 0 Å². The molecule has 0 heterocycles. The molecule has 0 bridgehead atoms. The third-order valence-electron chi connectivity index (χ3n) is 4.38. The average molecular weight is 440 g/mol. The Morgan fingerprint density at radius 1 is 1.00 bits per heavy atom. The van der Waals surface area contributed by atoms with Gasteiger partial charge in [0, 0.05) is 5.57 Å². The van der Waals surface area contributed by atoms with Crippen LogP contribution < -0.4 is 10.1 Å². The van der Waals surface area contributed by atoms with Crippen molar-refractivity contribution < 1.29 is 23.8 Å². The van der Waals surface area contributed by atoms with Crippen molar-refractivity contribution in [2.75, 3.05) is 6.61 Å². The Balaban J connectivity index is 2.07. The Morgan fingerprint density at radius 3 is 2.25 bits per heavy atom. The van der Waals surface area contributed by atoms with Crippen LogP contribution in [0.2, 0.25) is 0 Å². The lowest BCUT2D eigenvalue weighted by atomic mass is 10.0. The highest BCUT2D eigenvalue weighted by molar-refractivity contribution is 5.88. The maximum atomic E-state index is 12.3. The summed E-state index contributed by atoms with van der Waals surface area (Å²) in [6.07, 6.45) is 1.63. The van der Waals surface area contributed by atoms with E-state index in [9.17, 15) is 9.59 Å². The van der Waals surface area contributed by atoms with Crippen LogP contribution in [0.3, 0.4) is 0 Å². The van der Waals surface area contributed by atoms with E-state index < -0.39 is 23.7 Å². The number of hydrogen-bond acceptors (Lipinski definition) is 5. The molecule has 6 heteroatoms. The maximum Gasteiger partial charge on any atom is 0.408 e. The van der Waals surface area contributed by atoms with Gasteiger partial charge in [-0.05, 0) is 64.3 Å². The first-order chi connectivity index (χ1) is 15.2. The molecule has 2 rings (SSSR count). The summed E-state index contributed by atoms with van der Waals surface area (Å²) in [7, 11) is 0. The molecule has 32 heavy (non-hydrogen) atoms. The predicted molar refractivity (Wildman–Crippen MR) is 124 cm³/mol. The first kappa shape index (κ1) is 25.0. The summed E-state index contributed by atoms with van der Waals surface area (Å²) in [5.74, 6) is 0.348. The molecule has 0 fully saturated rings. The Bertz CT molecular complexity index is 898. The van der Waals surface area contributed by atoms with Gasteiger partial charge in [0.2, 0.25) is 0 Å². The summed E-state index contributed by atoms with van der Waals surface area (Å²) in [6.45, 7) is 9.61. The largest absolute Gasteiger partial charge is 0.489 e. The van der Waals surface area contributed by atoms with Crippen LogP contribution in [-0.2, 0) is 27.3 Å². The molecule has 2 aromatic carbocycles. The molecule has 0 unspecified atom stereocenters. The van der Waals surface area contributed by atoms with Crippen molar-refractivity contribution in [2.24, 2.45) is 0 Å². The number of carbonyl (C=O) groups excluding carboxylic acids is 2. The first-order valence-corrected chi connectivity index (χ1v) is 10.8. The van der Waals surface area contributed by atoms with Crippen LogP contribution in [0.15, 0.2) is 66.2 Å². The fourth-order valence-corrected chi connectivity index (χ4v) is 2.94. The van der Waals surface area contributed by atoms with Crippen LogP contribution in [0.4, 0.5) is 4.79 Å². The molecule has 0 aromatic heterocycles. The number of nitrogens with one attached hydrogen (secondary N) is 1. The van der Waals surface area contributed by atoms with Gasteiger partial charge >= 0.3 is 12.1 Å². The molecule has 1 atom stereocenters. The Kier molecular flexibility index (Phi) is 9.32. The highest BCUT2D eigenvalue weighted by atomic mass is 16.6. The summed E-state index contributed by atoms with van der Waals surface area (Å²) in [6, 6.07) is 17.2. The second-order valence-electron chi connectivity index (χ2n) is 8.45. The summed E-state index contributed by atoms with van der Waals surface area (Å²) in [4.78, 5) is 24.3. The molecule has 2 aromatic rings. The lowest BCUT2D eigenvalue weighted by molar-refractivity contribution is -0.138. The van der Waals surface area contributed by atoms with E-state index in [2.05, 4.69) is 5.32 Å². The van der Waals surface area contributed by atoms with Gasteiger partial charge < -0.3 is 19.5 Å². The van der Waals surface area contributed by atoms with Crippen molar-refractivity contribution in [2.45, 2.75) is 59.3 Å². The van der Waals surface area contributed by atoms with Crippen LogP contribution in [0.5, 0.6) is 5.75 Å². The third-order valence-corrected chi connectivity index (χ3v) is 4.38. The van der Waals surface area contributed by atoms with Gasteiger partial charge in [-0.3, -0.25) is 0 Å². The zero-order valence-corrected chi connectivity index (χ0v) is 19.5. The van der Waals surface area contributed by atoms with Crippen LogP contribution in [0.1, 0.15) is 45.7 Å². The molecular weight excluding hydrogens is 406 g/mol. The molecule has 172 valence electrons. The van der Waals surface area contributed by atoms with Gasteiger partial charge in [-0.25, -0.2) is 9.59 Å². The summed E-state index contributed by atoms with van der Waals surface area (Å²) in [5.41, 5.74) is 1.88. The van der Waals surface area contributed by atoms with E-state index in [1.165, 1.54) is 0 Å². The molecule has 0 saturated heterocycles. The van der Waals surface area contributed by atoms with Gasteiger partial charge in [0.25, 0.3) is 0 Å². The predicted octanol–water partition coefficient (Wildman–Crippen LogP) is 5.21. The van der Waals surface area contributed by atoms with E-state index in [4.69, 9.17) is 14.2 Å². The second-order valence-corrected chi connectivity index (χ2v) is 8.45. The second kappa shape index (κ2) is 11.9. The van der Waals surface area contributed by atoms with Gasteiger partial charge in [0.1, 0.15) is 18.0 Å². The first-order valence-electron chi connectivity index (χ1n) is 10.8. The summed E-state index contributed by atoms with van der Waals surface area (Å²) >= 11 is 0. The standard InChI is InChI=1S/C26H33NO5/c1-6-30-24(28)19(2)16-22(27-25(29)32-26(3,4)5)17-20-12-14-23(15-13-20)31-18-21-10-8-7-9-11-21/h7-16,22H,6,17-18H2,1-5H3,(H,27,29)/t22-/m1/s1. The molecule has 0 spiro atoms. The van der Waals surface area contributed by atoms with E-state index in [1.54, 1.807) is 40.7 Å². The van der Waals surface area contributed by atoms with Crippen molar-refractivity contribution >= 4 is 12.1 Å². The highest BCUT2D eigenvalue weighted by Crippen LogP contribution is 2.17. The summed E-state index contributed by atoms with van der Waals surface area (Å²) < 4.78 is 16.3. The molecule has 6 nitrogen and oxygen atoms in total. The SMILES string of the molecule is CCOC(=O)C(C)=C[C@H](Cc1ccc(OCc2ccccc2)cc1)NC(=O)OC(C)(C)C. The van der Waals surface area contributed by atoms with E-state index in [1.807, 2.05) is 54.6 Å². The topological polar surface area (TPSA) is 73.9 Å². The molecule has 0 radical (unpaired) electrons. The minimum Gasteiger partial charge on any atom is -0.489 e. The van der Waals surface area contributed by atoms with E-state index in [-0.39, 0.29) is 0 Å². The minimum absolute atomic E-state index is 0.290. The Labute approximate surface area is 190 Å². The van der Waals surface area contributed by atoms with Gasteiger partial charge in [-0.2, -0.15) is 0 Å². The number of alkyl carbamates (subject to hydrolysis) is 1. The van der Waals surface area contributed by atoms with E-state index in [0.717, 1.165) is 16.9 Å². The fraction of sp³-hybridized carbons (Fsp3) is 0.385. The number of rotatable bonds is 9. The van der Waals surface area contributed by atoms with Crippen LogP contribution >= 0.6 is 0 Å². The fourth-order valence-electron chi connectivity index (χ4n) is 2.94. The lowest BCUT2D eigenvalue weighted by Crippen LogP contribution is -2.39. The summed E-state index contributed by atoms with van der Waals surface area (Å²) in [5, 5.41) is 2.83. The monoisotopic (exact) mass is 439 g/mol. The van der Waals surface area contributed by atoms with E-state index in [0.29, 0.717) is 25.2 Å².